The first-order valence-electron chi connectivity index (χ1n) is 7.77. The van der Waals surface area contributed by atoms with E-state index in [1.54, 1.807) is 18.2 Å². The Bertz CT molecular complexity index is 1110. The highest BCUT2D eigenvalue weighted by Gasteiger charge is 2.23. The Morgan fingerprint density at radius 2 is 1.52 bits per heavy atom. The second-order valence-corrected chi connectivity index (χ2v) is 7.40. The van der Waals surface area contributed by atoms with Gasteiger partial charge in [0.1, 0.15) is 4.90 Å². The molecule has 1 N–H and O–H groups in total. The number of fused-ring (bicyclic) bond motifs is 3. The van der Waals surface area contributed by atoms with E-state index in [2.05, 4.69) is 12.1 Å². The predicted octanol–water partition coefficient (Wildman–Crippen LogP) is 3.74. The third-order valence-electron chi connectivity index (χ3n) is 4.47. The van der Waals surface area contributed by atoms with E-state index < -0.39 is 15.9 Å². The van der Waals surface area contributed by atoms with Crippen molar-refractivity contribution in [3.05, 3.63) is 89.0 Å². The Morgan fingerprint density at radius 1 is 0.840 bits per heavy atom. The van der Waals surface area contributed by atoms with Crippen molar-refractivity contribution in [1.82, 2.24) is 0 Å². The Morgan fingerprint density at radius 3 is 2.32 bits per heavy atom. The van der Waals surface area contributed by atoms with Crippen molar-refractivity contribution in [1.29, 1.82) is 0 Å². The molecule has 0 aliphatic heterocycles. The van der Waals surface area contributed by atoms with Crippen LogP contribution in [0.25, 0.3) is 11.1 Å². The van der Waals surface area contributed by atoms with Crippen LogP contribution in [0.2, 0.25) is 0 Å². The molecule has 124 valence electrons. The number of carbonyl (C=O) groups is 1. The Kier molecular flexibility index (Phi) is 3.56. The smallest absolute Gasteiger partial charge is 0.289 e. The predicted molar refractivity (Wildman–Crippen MR) is 94.4 cm³/mol. The zero-order chi connectivity index (χ0) is 17.6. The van der Waals surface area contributed by atoms with Crippen molar-refractivity contribution >= 4 is 15.9 Å². The number of benzene rings is 3. The van der Waals surface area contributed by atoms with Gasteiger partial charge in [-0.1, -0.05) is 48.5 Å². The van der Waals surface area contributed by atoms with Gasteiger partial charge in [-0.2, -0.15) is 8.42 Å². The first kappa shape index (κ1) is 15.7. The molecule has 0 atom stereocenters. The molecular formula is C20H14O4S. The van der Waals surface area contributed by atoms with Crippen LogP contribution in [0.1, 0.15) is 27.0 Å². The highest BCUT2D eigenvalue weighted by molar-refractivity contribution is 7.86. The van der Waals surface area contributed by atoms with Crippen molar-refractivity contribution < 1.29 is 17.8 Å². The van der Waals surface area contributed by atoms with E-state index >= 15 is 0 Å². The molecule has 1 aliphatic carbocycles. The maximum absolute atomic E-state index is 12.8. The van der Waals surface area contributed by atoms with Crippen molar-refractivity contribution in [3.8, 4) is 11.1 Å². The molecule has 3 aromatic carbocycles. The van der Waals surface area contributed by atoms with Gasteiger partial charge in [0.05, 0.1) is 0 Å². The van der Waals surface area contributed by atoms with E-state index in [0.717, 1.165) is 23.1 Å². The van der Waals surface area contributed by atoms with Crippen molar-refractivity contribution in [3.63, 3.8) is 0 Å². The highest BCUT2D eigenvalue weighted by Crippen LogP contribution is 2.37. The second kappa shape index (κ2) is 5.65. The lowest BCUT2D eigenvalue weighted by Crippen LogP contribution is -2.09. The molecule has 25 heavy (non-hydrogen) atoms. The fraction of sp³-hybridized carbons (Fsp3) is 0.0500. The summed E-state index contributed by atoms with van der Waals surface area (Å²) in [6.45, 7) is 0. The summed E-state index contributed by atoms with van der Waals surface area (Å²) in [4.78, 5) is 12.4. The molecule has 0 fully saturated rings. The zero-order valence-electron chi connectivity index (χ0n) is 13.1. The van der Waals surface area contributed by atoms with Crippen LogP contribution in [0.5, 0.6) is 0 Å². The van der Waals surface area contributed by atoms with E-state index in [0.29, 0.717) is 5.56 Å². The molecule has 0 radical (unpaired) electrons. The fourth-order valence-corrected chi connectivity index (χ4v) is 4.01. The summed E-state index contributed by atoms with van der Waals surface area (Å²) < 4.78 is 32.4. The standard InChI is InChI=1S/C20H14O4S/c21-20(18-7-3-4-8-19(18)25(22,23)24)14-9-10-17-15(12-14)11-13-5-1-2-6-16(13)17/h1-10,12H,11H2,(H,22,23,24). The molecular weight excluding hydrogens is 336 g/mol. The van der Waals surface area contributed by atoms with Gasteiger partial charge < -0.3 is 0 Å². The van der Waals surface area contributed by atoms with Crippen LogP contribution >= 0.6 is 0 Å². The highest BCUT2D eigenvalue weighted by atomic mass is 32.2. The molecule has 0 spiro atoms. The third kappa shape index (κ3) is 2.67. The van der Waals surface area contributed by atoms with Gasteiger partial charge in [0, 0.05) is 11.1 Å². The summed E-state index contributed by atoms with van der Waals surface area (Å²) in [5.74, 6) is -0.424. The van der Waals surface area contributed by atoms with E-state index in [9.17, 15) is 17.8 Å². The first-order valence-corrected chi connectivity index (χ1v) is 9.21. The normalized spacial score (nSPS) is 12.5. The van der Waals surface area contributed by atoms with Crippen molar-refractivity contribution in [2.24, 2.45) is 0 Å². The minimum Gasteiger partial charge on any atom is -0.289 e. The van der Waals surface area contributed by atoms with Gasteiger partial charge in [0.2, 0.25) is 0 Å². The largest absolute Gasteiger partial charge is 0.295 e. The summed E-state index contributed by atoms with van der Waals surface area (Å²) in [5.41, 5.74) is 4.88. The van der Waals surface area contributed by atoms with E-state index in [-0.39, 0.29) is 10.5 Å². The molecule has 0 heterocycles. The summed E-state index contributed by atoms with van der Waals surface area (Å²) in [6.07, 6.45) is 0.743. The van der Waals surface area contributed by atoms with Gasteiger partial charge in [-0.15, -0.1) is 0 Å². The molecule has 5 heteroatoms. The molecule has 0 saturated carbocycles. The molecule has 0 amide bonds. The fourth-order valence-electron chi connectivity index (χ4n) is 3.32. The second-order valence-electron chi connectivity index (χ2n) is 6.01. The van der Waals surface area contributed by atoms with Gasteiger partial charge >= 0.3 is 0 Å². The summed E-state index contributed by atoms with van der Waals surface area (Å²) in [7, 11) is -4.46. The molecule has 0 bridgehead atoms. The number of ketones is 1. The SMILES string of the molecule is O=C(c1ccc2c(c1)Cc1ccccc1-2)c1ccccc1S(=O)(=O)O. The lowest BCUT2D eigenvalue weighted by atomic mass is 9.98. The maximum atomic E-state index is 12.8. The maximum Gasteiger partial charge on any atom is 0.295 e. The third-order valence-corrected chi connectivity index (χ3v) is 5.38. The van der Waals surface area contributed by atoms with E-state index in [1.807, 2.05) is 18.2 Å². The van der Waals surface area contributed by atoms with Crippen LogP contribution in [-0.4, -0.2) is 18.8 Å². The van der Waals surface area contributed by atoms with Crippen LogP contribution in [0.4, 0.5) is 0 Å². The molecule has 0 aromatic heterocycles. The number of rotatable bonds is 3. The number of hydrogen-bond donors (Lipinski definition) is 1. The molecule has 1 aliphatic rings. The van der Waals surface area contributed by atoms with Crippen LogP contribution in [0, 0.1) is 0 Å². The summed E-state index contributed by atoms with van der Waals surface area (Å²) >= 11 is 0. The number of carbonyl (C=O) groups excluding carboxylic acids is 1. The lowest BCUT2D eigenvalue weighted by molar-refractivity contribution is 0.103. The zero-order valence-corrected chi connectivity index (χ0v) is 14.0. The molecule has 0 unspecified atom stereocenters. The average Bonchev–Trinajstić information content (AvgIpc) is 2.98. The Labute approximate surface area is 145 Å². The first-order chi connectivity index (χ1) is 11.9. The van der Waals surface area contributed by atoms with E-state index in [4.69, 9.17) is 0 Å². The van der Waals surface area contributed by atoms with Crippen LogP contribution in [0.15, 0.2) is 71.6 Å². The van der Waals surface area contributed by atoms with Gasteiger partial charge in [-0.3, -0.25) is 9.35 Å². The average molecular weight is 350 g/mol. The molecule has 4 rings (SSSR count). The number of hydrogen-bond acceptors (Lipinski definition) is 3. The van der Waals surface area contributed by atoms with Crippen LogP contribution in [-0.2, 0) is 16.5 Å². The van der Waals surface area contributed by atoms with Crippen molar-refractivity contribution in [2.75, 3.05) is 0 Å². The van der Waals surface area contributed by atoms with Crippen molar-refractivity contribution in [2.45, 2.75) is 11.3 Å². The van der Waals surface area contributed by atoms with Gasteiger partial charge in [-0.25, -0.2) is 0 Å². The Hall–Kier alpha value is -2.76. The van der Waals surface area contributed by atoms with Gasteiger partial charge in [0.15, 0.2) is 5.78 Å². The molecule has 4 nitrogen and oxygen atoms in total. The molecule has 3 aromatic rings. The minimum atomic E-state index is -4.46. The Balaban J connectivity index is 1.78. The van der Waals surface area contributed by atoms with Crippen LogP contribution < -0.4 is 0 Å². The summed E-state index contributed by atoms with van der Waals surface area (Å²) in [6, 6.07) is 19.2. The van der Waals surface area contributed by atoms with E-state index in [1.165, 1.54) is 23.8 Å². The topological polar surface area (TPSA) is 71.4 Å². The van der Waals surface area contributed by atoms with Crippen LogP contribution in [0.3, 0.4) is 0 Å². The lowest BCUT2D eigenvalue weighted by Gasteiger charge is -2.08. The summed E-state index contributed by atoms with van der Waals surface area (Å²) in [5, 5.41) is 0. The van der Waals surface area contributed by atoms with Gasteiger partial charge in [0.25, 0.3) is 10.1 Å². The minimum absolute atomic E-state index is 0.0274. The van der Waals surface area contributed by atoms with Gasteiger partial charge in [-0.05, 0) is 46.9 Å². The monoisotopic (exact) mass is 350 g/mol. The quantitative estimate of drug-likeness (QED) is 0.451. The molecule has 0 saturated heterocycles.